The van der Waals surface area contributed by atoms with Crippen LogP contribution in [0.2, 0.25) is 0 Å². The Balaban J connectivity index is 1.77. The van der Waals surface area contributed by atoms with Gasteiger partial charge in [-0.3, -0.25) is 4.79 Å². The van der Waals surface area contributed by atoms with E-state index in [1.54, 1.807) is 0 Å². The van der Waals surface area contributed by atoms with E-state index in [1.807, 2.05) is 0 Å². The molecule has 24 heavy (non-hydrogen) atoms. The molecule has 3 fully saturated rings. The van der Waals surface area contributed by atoms with Gasteiger partial charge in [-0.05, 0) is 55.9 Å². The second-order valence-electron chi connectivity index (χ2n) is 9.14. The molecule has 2 heterocycles. The molecular formula is C20H30O4. The fourth-order valence-electron chi connectivity index (χ4n) is 6.58. The summed E-state index contributed by atoms with van der Waals surface area (Å²) >= 11 is 0. The monoisotopic (exact) mass is 334 g/mol. The first kappa shape index (κ1) is 16.6. The lowest BCUT2D eigenvalue weighted by Crippen LogP contribution is -2.57. The zero-order chi connectivity index (χ0) is 17.1. The summed E-state index contributed by atoms with van der Waals surface area (Å²) in [6, 6.07) is 0. The molecule has 0 aromatic carbocycles. The molecule has 3 aliphatic carbocycles. The lowest BCUT2D eigenvalue weighted by atomic mass is 9.54. The van der Waals surface area contributed by atoms with Crippen molar-refractivity contribution >= 4 is 6.47 Å². The van der Waals surface area contributed by atoms with E-state index in [0.29, 0.717) is 30.1 Å². The predicted octanol–water partition coefficient (Wildman–Crippen LogP) is 4.05. The van der Waals surface area contributed by atoms with Gasteiger partial charge in [-0.25, -0.2) is 9.78 Å². The van der Waals surface area contributed by atoms with Crippen molar-refractivity contribution in [1.82, 2.24) is 0 Å². The molecule has 0 radical (unpaired) electrons. The van der Waals surface area contributed by atoms with E-state index in [0.717, 1.165) is 32.1 Å². The maximum absolute atomic E-state index is 11.4. The maximum Gasteiger partial charge on any atom is 0.293 e. The van der Waals surface area contributed by atoms with Crippen molar-refractivity contribution in [2.45, 2.75) is 77.6 Å². The minimum atomic E-state index is -0.312. The Morgan fingerprint density at radius 3 is 2.75 bits per heavy atom. The number of ether oxygens (including phenoxy) is 1. The van der Waals surface area contributed by atoms with E-state index in [1.165, 1.54) is 5.57 Å². The Labute approximate surface area is 144 Å². The van der Waals surface area contributed by atoms with Crippen LogP contribution in [0.5, 0.6) is 0 Å². The van der Waals surface area contributed by atoms with Crippen molar-refractivity contribution in [2.75, 3.05) is 0 Å². The molecule has 0 aromatic rings. The van der Waals surface area contributed by atoms with E-state index in [4.69, 9.17) is 14.5 Å². The Bertz CT molecular complexity index is 556. The zero-order valence-electron chi connectivity index (χ0n) is 15.3. The summed E-state index contributed by atoms with van der Waals surface area (Å²) in [5.74, 6) is 1.69. The van der Waals surface area contributed by atoms with E-state index in [9.17, 15) is 4.79 Å². The van der Waals surface area contributed by atoms with E-state index < -0.39 is 0 Å². The largest absolute Gasteiger partial charge is 0.461 e. The van der Waals surface area contributed by atoms with Gasteiger partial charge in [0.05, 0.1) is 0 Å². The normalized spacial score (nSPS) is 50.0. The molecule has 0 aromatic heterocycles. The molecule has 2 saturated carbocycles. The lowest BCUT2D eigenvalue weighted by Gasteiger charge is -2.54. The minimum absolute atomic E-state index is 0.0143. The second kappa shape index (κ2) is 5.57. The highest BCUT2D eigenvalue weighted by molar-refractivity contribution is 5.40. The highest BCUT2D eigenvalue weighted by Gasteiger charge is 2.65. The standard InChI is InChI=1S/C20H30O4/c1-12(2)14-5-6-15-18-16-9-13(3)17(24-23-16)10-19(18,4)7-8-20(14,15)22-11-21/h9,11-12,14-18H,5-8,10H2,1-4H3/t14-,15?,16-,17-,18-,19+,20+/m1/s1. The van der Waals surface area contributed by atoms with Crippen LogP contribution in [0.3, 0.4) is 0 Å². The first-order chi connectivity index (χ1) is 11.4. The SMILES string of the molecule is CC1=C[C@H]2OO[C@@H]1C[C@]1(C)CC[C@@]3(OC=O)C(CC[C@@H]3C(C)C)[C@H]21. The van der Waals surface area contributed by atoms with Crippen LogP contribution >= 0.6 is 0 Å². The molecule has 1 unspecified atom stereocenters. The Morgan fingerprint density at radius 2 is 2.08 bits per heavy atom. The number of hydrogen-bond acceptors (Lipinski definition) is 4. The van der Waals surface area contributed by atoms with Crippen molar-refractivity contribution in [2.24, 2.45) is 29.1 Å². The van der Waals surface area contributed by atoms with Crippen molar-refractivity contribution in [3.63, 3.8) is 0 Å². The summed E-state index contributed by atoms with van der Waals surface area (Å²) < 4.78 is 5.94. The summed E-state index contributed by atoms with van der Waals surface area (Å²) in [6.45, 7) is 9.78. The molecule has 134 valence electrons. The van der Waals surface area contributed by atoms with Crippen LogP contribution in [-0.4, -0.2) is 24.3 Å². The third-order valence-electron chi connectivity index (χ3n) is 7.66. The van der Waals surface area contributed by atoms with Crippen LogP contribution in [0.4, 0.5) is 0 Å². The third-order valence-corrected chi connectivity index (χ3v) is 7.66. The lowest BCUT2D eigenvalue weighted by molar-refractivity contribution is -0.345. The van der Waals surface area contributed by atoms with Crippen molar-refractivity contribution in [3.8, 4) is 0 Å². The first-order valence-electron chi connectivity index (χ1n) is 9.53. The molecule has 5 rings (SSSR count). The molecule has 7 atom stereocenters. The van der Waals surface area contributed by atoms with Crippen LogP contribution in [0.15, 0.2) is 11.6 Å². The second-order valence-corrected chi connectivity index (χ2v) is 9.14. The fourth-order valence-corrected chi connectivity index (χ4v) is 6.58. The van der Waals surface area contributed by atoms with Gasteiger partial charge in [0.15, 0.2) is 0 Å². The molecule has 0 N–H and O–H groups in total. The van der Waals surface area contributed by atoms with Gasteiger partial charge in [0, 0.05) is 17.8 Å². The van der Waals surface area contributed by atoms with Crippen LogP contribution in [-0.2, 0) is 19.3 Å². The Hall–Kier alpha value is -0.870. The number of fused-ring (bicyclic) bond motifs is 2. The fraction of sp³-hybridized carbons (Fsp3) is 0.850. The maximum atomic E-state index is 11.4. The Morgan fingerprint density at radius 1 is 1.29 bits per heavy atom. The van der Waals surface area contributed by atoms with Gasteiger partial charge >= 0.3 is 0 Å². The molecule has 0 amide bonds. The first-order valence-corrected chi connectivity index (χ1v) is 9.53. The molecule has 0 spiro atoms. The van der Waals surface area contributed by atoms with Crippen molar-refractivity contribution in [3.05, 3.63) is 11.6 Å². The Kier molecular flexibility index (Phi) is 3.85. The topological polar surface area (TPSA) is 44.8 Å². The third kappa shape index (κ3) is 2.15. The van der Waals surface area contributed by atoms with Crippen LogP contribution in [0, 0.1) is 29.1 Å². The smallest absolute Gasteiger partial charge is 0.293 e. The average molecular weight is 334 g/mol. The number of hydrogen-bond donors (Lipinski definition) is 0. The minimum Gasteiger partial charge on any atom is -0.461 e. The van der Waals surface area contributed by atoms with Gasteiger partial charge in [-0.15, -0.1) is 0 Å². The van der Waals surface area contributed by atoms with Gasteiger partial charge in [0.2, 0.25) is 0 Å². The molecule has 2 bridgehead atoms. The summed E-state index contributed by atoms with van der Waals surface area (Å²) in [6.07, 6.45) is 7.66. The number of carbonyl (C=O) groups is 1. The molecule has 1 saturated heterocycles. The highest BCUT2D eigenvalue weighted by atomic mass is 17.2. The van der Waals surface area contributed by atoms with Gasteiger partial charge in [-0.1, -0.05) is 26.8 Å². The van der Waals surface area contributed by atoms with E-state index in [-0.39, 0.29) is 23.2 Å². The predicted molar refractivity (Wildman–Crippen MR) is 89.9 cm³/mol. The van der Waals surface area contributed by atoms with Crippen LogP contribution in [0.25, 0.3) is 0 Å². The van der Waals surface area contributed by atoms with Gasteiger partial charge in [-0.2, -0.15) is 0 Å². The summed E-state index contributed by atoms with van der Waals surface area (Å²) in [5.41, 5.74) is 1.17. The summed E-state index contributed by atoms with van der Waals surface area (Å²) in [7, 11) is 0. The van der Waals surface area contributed by atoms with Crippen LogP contribution < -0.4 is 0 Å². The quantitative estimate of drug-likeness (QED) is 0.444. The number of carbonyl (C=O) groups excluding carboxylic acids is 1. The van der Waals surface area contributed by atoms with Crippen molar-refractivity contribution in [1.29, 1.82) is 0 Å². The van der Waals surface area contributed by atoms with Gasteiger partial charge < -0.3 is 4.74 Å². The zero-order valence-corrected chi connectivity index (χ0v) is 15.3. The molecule has 5 aliphatic rings. The molecule has 4 nitrogen and oxygen atoms in total. The summed E-state index contributed by atoms with van der Waals surface area (Å²) in [4.78, 5) is 22.9. The molecule has 2 aliphatic heterocycles. The van der Waals surface area contributed by atoms with Gasteiger partial charge in [0.1, 0.15) is 17.8 Å². The summed E-state index contributed by atoms with van der Waals surface area (Å²) in [5, 5.41) is 0. The van der Waals surface area contributed by atoms with E-state index in [2.05, 4.69) is 33.8 Å². The molecular weight excluding hydrogens is 304 g/mol. The average Bonchev–Trinajstić information content (AvgIpc) is 2.77. The van der Waals surface area contributed by atoms with Crippen molar-refractivity contribution < 1.29 is 19.3 Å². The molecule has 4 heteroatoms. The van der Waals surface area contributed by atoms with Gasteiger partial charge in [0.25, 0.3) is 6.47 Å². The highest BCUT2D eigenvalue weighted by Crippen LogP contribution is 2.64. The van der Waals surface area contributed by atoms with Crippen LogP contribution in [0.1, 0.15) is 59.8 Å². The number of rotatable bonds is 3. The van der Waals surface area contributed by atoms with E-state index >= 15 is 0 Å².